The van der Waals surface area contributed by atoms with E-state index in [1.54, 1.807) is 0 Å². The SMILES string of the molecule is CCCN(CCC)S(=O)(=O)NCc1ccccc1CN. The Balaban J connectivity index is 2.75. The Bertz CT molecular complexity index is 497. The maximum atomic E-state index is 12.3. The van der Waals surface area contributed by atoms with Crippen molar-refractivity contribution >= 4 is 10.2 Å². The second kappa shape index (κ2) is 8.36. The molecule has 0 aromatic heterocycles. The molecule has 1 rings (SSSR count). The largest absolute Gasteiger partial charge is 0.326 e. The summed E-state index contributed by atoms with van der Waals surface area (Å²) in [6.45, 7) is 5.72. The summed E-state index contributed by atoms with van der Waals surface area (Å²) < 4.78 is 28.7. The van der Waals surface area contributed by atoms with Gasteiger partial charge in [-0.05, 0) is 24.0 Å². The summed E-state index contributed by atoms with van der Waals surface area (Å²) in [5.74, 6) is 0. The van der Waals surface area contributed by atoms with Gasteiger partial charge in [0.25, 0.3) is 10.2 Å². The minimum Gasteiger partial charge on any atom is -0.326 e. The molecule has 1 aromatic carbocycles. The summed E-state index contributed by atoms with van der Waals surface area (Å²) >= 11 is 0. The van der Waals surface area contributed by atoms with E-state index in [4.69, 9.17) is 5.73 Å². The molecule has 1 aromatic rings. The molecule has 0 unspecified atom stereocenters. The van der Waals surface area contributed by atoms with Crippen LogP contribution in [0.15, 0.2) is 24.3 Å². The molecule has 0 spiro atoms. The lowest BCUT2D eigenvalue weighted by Crippen LogP contribution is -2.41. The van der Waals surface area contributed by atoms with Gasteiger partial charge in [-0.1, -0.05) is 38.1 Å². The van der Waals surface area contributed by atoms with E-state index in [0.29, 0.717) is 19.6 Å². The van der Waals surface area contributed by atoms with Gasteiger partial charge < -0.3 is 5.73 Å². The smallest absolute Gasteiger partial charge is 0.279 e. The monoisotopic (exact) mass is 299 g/mol. The van der Waals surface area contributed by atoms with Crippen molar-refractivity contribution in [3.63, 3.8) is 0 Å². The molecule has 3 N–H and O–H groups in total. The van der Waals surface area contributed by atoms with Gasteiger partial charge in [-0.2, -0.15) is 17.4 Å². The van der Waals surface area contributed by atoms with E-state index in [-0.39, 0.29) is 6.54 Å². The minimum absolute atomic E-state index is 0.277. The Morgan fingerprint density at radius 2 is 1.65 bits per heavy atom. The first-order valence-electron chi connectivity index (χ1n) is 7.06. The van der Waals surface area contributed by atoms with Gasteiger partial charge in [0.15, 0.2) is 0 Å². The summed E-state index contributed by atoms with van der Waals surface area (Å²) in [6, 6.07) is 7.60. The van der Waals surface area contributed by atoms with E-state index in [1.165, 1.54) is 4.31 Å². The molecular formula is C14H25N3O2S. The van der Waals surface area contributed by atoms with E-state index in [2.05, 4.69) is 4.72 Å². The molecule has 0 amide bonds. The van der Waals surface area contributed by atoms with Crippen LogP contribution in [0.2, 0.25) is 0 Å². The quantitative estimate of drug-likeness (QED) is 0.727. The van der Waals surface area contributed by atoms with Crippen molar-refractivity contribution in [3.8, 4) is 0 Å². The third kappa shape index (κ3) is 4.86. The zero-order valence-electron chi connectivity index (χ0n) is 12.3. The van der Waals surface area contributed by atoms with Crippen LogP contribution in [0.3, 0.4) is 0 Å². The predicted octanol–water partition coefficient (Wildman–Crippen LogP) is 1.60. The van der Waals surface area contributed by atoms with Gasteiger partial charge in [0.2, 0.25) is 0 Å². The number of rotatable bonds is 9. The van der Waals surface area contributed by atoms with Crippen molar-refractivity contribution in [2.75, 3.05) is 13.1 Å². The molecule has 0 bridgehead atoms. The fourth-order valence-corrected chi connectivity index (χ4v) is 3.41. The highest BCUT2D eigenvalue weighted by Crippen LogP contribution is 2.09. The molecular weight excluding hydrogens is 274 g/mol. The maximum absolute atomic E-state index is 12.3. The highest BCUT2D eigenvalue weighted by molar-refractivity contribution is 7.87. The van der Waals surface area contributed by atoms with Crippen LogP contribution in [0, 0.1) is 0 Å². The van der Waals surface area contributed by atoms with Crippen LogP contribution in [-0.2, 0) is 23.3 Å². The number of hydrogen-bond acceptors (Lipinski definition) is 3. The Kier molecular flexibility index (Phi) is 7.15. The van der Waals surface area contributed by atoms with Crippen molar-refractivity contribution in [2.24, 2.45) is 5.73 Å². The summed E-state index contributed by atoms with van der Waals surface area (Å²) in [5.41, 5.74) is 7.55. The lowest BCUT2D eigenvalue weighted by Gasteiger charge is -2.21. The predicted molar refractivity (Wildman–Crippen MR) is 82.2 cm³/mol. The third-order valence-corrected chi connectivity index (χ3v) is 4.62. The first-order valence-corrected chi connectivity index (χ1v) is 8.50. The van der Waals surface area contributed by atoms with Crippen molar-refractivity contribution in [2.45, 2.75) is 39.8 Å². The van der Waals surface area contributed by atoms with Crippen LogP contribution in [-0.4, -0.2) is 25.8 Å². The second-order valence-electron chi connectivity index (χ2n) is 4.70. The molecule has 0 saturated carbocycles. The molecule has 0 radical (unpaired) electrons. The van der Waals surface area contributed by atoms with Crippen LogP contribution in [0.25, 0.3) is 0 Å². The van der Waals surface area contributed by atoms with Gasteiger partial charge in [-0.25, -0.2) is 0 Å². The normalized spacial score (nSPS) is 12.0. The van der Waals surface area contributed by atoms with Gasteiger partial charge in [0.05, 0.1) is 0 Å². The third-order valence-electron chi connectivity index (χ3n) is 3.07. The fraction of sp³-hybridized carbons (Fsp3) is 0.571. The molecule has 0 aliphatic carbocycles. The van der Waals surface area contributed by atoms with E-state index < -0.39 is 10.2 Å². The van der Waals surface area contributed by atoms with E-state index >= 15 is 0 Å². The summed E-state index contributed by atoms with van der Waals surface area (Å²) in [7, 11) is -3.43. The lowest BCUT2D eigenvalue weighted by atomic mass is 10.1. The Morgan fingerprint density at radius 1 is 1.10 bits per heavy atom. The standard InChI is InChI=1S/C14H25N3O2S/c1-3-9-17(10-4-2)20(18,19)16-12-14-8-6-5-7-13(14)11-15/h5-8,16H,3-4,9-12,15H2,1-2H3. The molecule has 0 aliphatic heterocycles. The average Bonchev–Trinajstić information content (AvgIpc) is 2.45. The minimum atomic E-state index is -3.43. The van der Waals surface area contributed by atoms with Crippen molar-refractivity contribution in [3.05, 3.63) is 35.4 Å². The van der Waals surface area contributed by atoms with Crippen LogP contribution in [0.5, 0.6) is 0 Å². The molecule has 0 saturated heterocycles. The van der Waals surface area contributed by atoms with E-state index in [1.807, 2.05) is 38.1 Å². The molecule has 0 fully saturated rings. The van der Waals surface area contributed by atoms with Gasteiger partial charge >= 0.3 is 0 Å². The molecule has 114 valence electrons. The number of hydrogen-bond donors (Lipinski definition) is 2. The number of benzene rings is 1. The summed E-state index contributed by atoms with van der Waals surface area (Å²) in [4.78, 5) is 0. The van der Waals surface area contributed by atoms with Crippen molar-refractivity contribution in [1.82, 2.24) is 9.03 Å². The molecule has 0 aliphatic rings. The number of nitrogens with one attached hydrogen (secondary N) is 1. The van der Waals surface area contributed by atoms with Crippen LogP contribution in [0.4, 0.5) is 0 Å². The highest BCUT2D eigenvalue weighted by Gasteiger charge is 2.19. The Labute approximate surface area is 122 Å². The zero-order chi connectivity index (χ0) is 15.0. The summed E-state index contributed by atoms with van der Waals surface area (Å²) in [6.07, 6.45) is 1.61. The van der Waals surface area contributed by atoms with Gasteiger partial charge in [0.1, 0.15) is 0 Å². The number of nitrogens with two attached hydrogens (primary N) is 1. The lowest BCUT2D eigenvalue weighted by molar-refractivity contribution is 0.401. The Morgan fingerprint density at radius 3 is 2.15 bits per heavy atom. The molecule has 20 heavy (non-hydrogen) atoms. The van der Waals surface area contributed by atoms with Gasteiger partial charge in [-0.15, -0.1) is 0 Å². The molecule has 6 heteroatoms. The van der Waals surface area contributed by atoms with Crippen molar-refractivity contribution < 1.29 is 8.42 Å². The van der Waals surface area contributed by atoms with Gasteiger partial charge in [0, 0.05) is 26.2 Å². The first-order chi connectivity index (χ1) is 9.55. The van der Waals surface area contributed by atoms with E-state index in [9.17, 15) is 8.42 Å². The Hall–Kier alpha value is -0.950. The van der Waals surface area contributed by atoms with E-state index in [0.717, 1.165) is 24.0 Å². The molecule has 0 atom stereocenters. The van der Waals surface area contributed by atoms with Crippen LogP contribution < -0.4 is 10.5 Å². The topological polar surface area (TPSA) is 75.4 Å². The van der Waals surface area contributed by atoms with Crippen LogP contribution in [0.1, 0.15) is 37.8 Å². The second-order valence-corrected chi connectivity index (χ2v) is 6.45. The molecule has 5 nitrogen and oxygen atoms in total. The van der Waals surface area contributed by atoms with Crippen molar-refractivity contribution in [1.29, 1.82) is 0 Å². The first kappa shape index (κ1) is 17.1. The van der Waals surface area contributed by atoms with Gasteiger partial charge in [-0.3, -0.25) is 0 Å². The fourth-order valence-electron chi connectivity index (χ4n) is 2.04. The maximum Gasteiger partial charge on any atom is 0.279 e. The highest BCUT2D eigenvalue weighted by atomic mass is 32.2. The van der Waals surface area contributed by atoms with Crippen LogP contribution >= 0.6 is 0 Å². The summed E-state index contributed by atoms with van der Waals surface area (Å²) in [5, 5.41) is 0. The average molecular weight is 299 g/mol. The molecule has 0 heterocycles. The zero-order valence-corrected chi connectivity index (χ0v) is 13.1. The number of nitrogens with zero attached hydrogens (tertiary/aromatic N) is 1.